The molecule has 1 aliphatic rings. The highest BCUT2D eigenvalue weighted by molar-refractivity contribution is 7.91. The summed E-state index contributed by atoms with van der Waals surface area (Å²) in [7, 11) is -2.96. The molecule has 6 heteroatoms. The van der Waals surface area contributed by atoms with E-state index in [9.17, 15) is 13.2 Å². The standard InChI is InChI=1S/C11H22N2O3S/c1-3-5-10(12)11(14)13(4-2)9-6-7-17(15,16)8-9/h9-10H,3-8,12H2,1-2H3. The summed E-state index contributed by atoms with van der Waals surface area (Å²) in [4.78, 5) is 13.7. The third kappa shape index (κ3) is 3.67. The lowest BCUT2D eigenvalue weighted by molar-refractivity contribution is -0.134. The van der Waals surface area contributed by atoms with E-state index in [1.54, 1.807) is 4.90 Å². The van der Waals surface area contributed by atoms with Gasteiger partial charge in [-0.15, -0.1) is 0 Å². The Hall–Kier alpha value is -0.620. The minimum atomic E-state index is -2.96. The van der Waals surface area contributed by atoms with Crippen molar-refractivity contribution in [3.05, 3.63) is 0 Å². The molecule has 2 N–H and O–H groups in total. The van der Waals surface area contributed by atoms with E-state index in [4.69, 9.17) is 5.73 Å². The van der Waals surface area contributed by atoms with Gasteiger partial charge in [-0.1, -0.05) is 13.3 Å². The van der Waals surface area contributed by atoms with Gasteiger partial charge in [-0.25, -0.2) is 8.42 Å². The first kappa shape index (κ1) is 14.4. The van der Waals surface area contributed by atoms with Crippen LogP contribution in [0.5, 0.6) is 0 Å². The molecule has 1 aliphatic heterocycles. The van der Waals surface area contributed by atoms with Gasteiger partial charge >= 0.3 is 0 Å². The first-order valence-corrected chi connectivity index (χ1v) is 8.00. The molecule has 0 saturated carbocycles. The van der Waals surface area contributed by atoms with Crippen LogP contribution in [0.4, 0.5) is 0 Å². The van der Waals surface area contributed by atoms with E-state index in [1.165, 1.54) is 0 Å². The van der Waals surface area contributed by atoms with Gasteiger partial charge in [-0.2, -0.15) is 0 Å². The predicted octanol–water partition coefficient (Wildman–Crippen LogP) is 0.149. The van der Waals surface area contributed by atoms with Crippen LogP contribution >= 0.6 is 0 Å². The van der Waals surface area contributed by atoms with Gasteiger partial charge in [0.15, 0.2) is 9.84 Å². The molecule has 1 rings (SSSR count). The van der Waals surface area contributed by atoms with Crippen LogP contribution in [0.1, 0.15) is 33.1 Å². The van der Waals surface area contributed by atoms with Crippen LogP contribution in [-0.2, 0) is 14.6 Å². The molecular formula is C11H22N2O3S. The smallest absolute Gasteiger partial charge is 0.239 e. The van der Waals surface area contributed by atoms with Crippen molar-refractivity contribution in [3.63, 3.8) is 0 Å². The Balaban J connectivity index is 2.69. The number of rotatable bonds is 5. The minimum Gasteiger partial charge on any atom is -0.338 e. The molecule has 0 aromatic heterocycles. The third-order valence-corrected chi connectivity index (χ3v) is 4.94. The van der Waals surface area contributed by atoms with Crippen molar-refractivity contribution < 1.29 is 13.2 Å². The van der Waals surface area contributed by atoms with E-state index in [1.807, 2.05) is 13.8 Å². The number of nitrogens with zero attached hydrogens (tertiary/aromatic N) is 1. The maximum atomic E-state index is 12.1. The topological polar surface area (TPSA) is 80.5 Å². The maximum Gasteiger partial charge on any atom is 0.239 e. The molecule has 1 amide bonds. The SMILES string of the molecule is CCCC(N)C(=O)N(CC)C1CCS(=O)(=O)C1. The number of sulfone groups is 1. The number of carbonyl (C=O) groups is 1. The van der Waals surface area contributed by atoms with Crippen molar-refractivity contribution >= 4 is 15.7 Å². The van der Waals surface area contributed by atoms with Gasteiger partial charge in [-0.05, 0) is 19.8 Å². The fourth-order valence-corrected chi connectivity index (χ4v) is 3.99. The molecule has 0 spiro atoms. The maximum absolute atomic E-state index is 12.1. The van der Waals surface area contributed by atoms with Crippen LogP contribution in [0.3, 0.4) is 0 Å². The number of hydrogen-bond donors (Lipinski definition) is 1. The second-order valence-electron chi connectivity index (χ2n) is 4.58. The molecule has 0 aromatic carbocycles. The van der Waals surface area contributed by atoms with Crippen molar-refractivity contribution in [1.82, 2.24) is 4.90 Å². The number of likely N-dealkylation sites (N-methyl/N-ethyl adjacent to an activating group) is 1. The van der Waals surface area contributed by atoms with E-state index in [0.717, 1.165) is 6.42 Å². The van der Waals surface area contributed by atoms with Crippen LogP contribution < -0.4 is 5.73 Å². The van der Waals surface area contributed by atoms with Crippen molar-refractivity contribution in [1.29, 1.82) is 0 Å². The highest BCUT2D eigenvalue weighted by atomic mass is 32.2. The summed E-state index contributed by atoms with van der Waals surface area (Å²) in [5.41, 5.74) is 5.80. The van der Waals surface area contributed by atoms with Crippen LogP contribution in [0.2, 0.25) is 0 Å². The summed E-state index contributed by atoms with van der Waals surface area (Å²) in [6.45, 7) is 4.36. The van der Waals surface area contributed by atoms with Gasteiger partial charge in [0.1, 0.15) is 0 Å². The molecule has 5 nitrogen and oxygen atoms in total. The predicted molar refractivity (Wildman–Crippen MR) is 67.3 cm³/mol. The van der Waals surface area contributed by atoms with E-state index >= 15 is 0 Å². The summed E-state index contributed by atoms with van der Waals surface area (Å²) in [5.74, 6) is 0.159. The van der Waals surface area contributed by atoms with Gasteiger partial charge < -0.3 is 10.6 Å². The lowest BCUT2D eigenvalue weighted by Gasteiger charge is -2.29. The lowest BCUT2D eigenvalue weighted by atomic mass is 10.1. The summed E-state index contributed by atoms with van der Waals surface area (Å²) >= 11 is 0. The average molecular weight is 262 g/mol. The molecule has 0 radical (unpaired) electrons. The van der Waals surface area contributed by atoms with Crippen LogP contribution in [0.15, 0.2) is 0 Å². The molecule has 17 heavy (non-hydrogen) atoms. The number of carbonyl (C=O) groups excluding carboxylic acids is 1. The summed E-state index contributed by atoms with van der Waals surface area (Å²) in [5, 5.41) is 0. The fraction of sp³-hybridized carbons (Fsp3) is 0.909. The van der Waals surface area contributed by atoms with Crippen LogP contribution in [-0.4, -0.2) is 49.4 Å². The largest absolute Gasteiger partial charge is 0.338 e. The molecule has 2 unspecified atom stereocenters. The second kappa shape index (κ2) is 5.82. The number of nitrogens with two attached hydrogens (primary N) is 1. The Labute approximate surface area is 103 Å². The Morgan fingerprint density at radius 3 is 2.53 bits per heavy atom. The van der Waals surface area contributed by atoms with E-state index < -0.39 is 15.9 Å². The van der Waals surface area contributed by atoms with Crippen molar-refractivity contribution in [2.75, 3.05) is 18.1 Å². The van der Waals surface area contributed by atoms with E-state index in [2.05, 4.69) is 0 Å². The zero-order valence-electron chi connectivity index (χ0n) is 10.6. The van der Waals surface area contributed by atoms with Crippen LogP contribution in [0.25, 0.3) is 0 Å². The van der Waals surface area contributed by atoms with Crippen molar-refractivity contribution in [2.24, 2.45) is 5.73 Å². The number of amides is 1. The molecule has 100 valence electrons. The Kier molecular flexibility index (Phi) is 4.94. The minimum absolute atomic E-state index is 0.0887. The van der Waals surface area contributed by atoms with Gasteiger partial charge in [0.25, 0.3) is 0 Å². The summed E-state index contributed by atoms with van der Waals surface area (Å²) in [6, 6.07) is -0.677. The molecule has 1 saturated heterocycles. The first-order valence-electron chi connectivity index (χ1n) is 6.17. The van der Waals surface area contributed by atoms with Gasteiger partial charge in [-0.3, -0.25) is 4.79 Å². The Morgan fingerprint density at radius 2 is 2.12 bits per heavy atom. The zero-order valence-corrected chi connectivity index (χ0v) is 11.4. The molecule has 0 aromatic rings. The highest BCUT2D eigenvalue weighted by Gasteiger charge is 2.35. The van der Waals surface area contributed by atoms with E-state index in [0.29, 0.717) is 19.4 Å². The highest BCUT2D eigenvalue weighted by Crippen LogP contribution is 2.18. The van der Waals surface area contributed by atoms with Gasteiger partial charge in [0.05, 0.1) is 17.5 Å². The van der Waals surface area contributed by atoms with Gasteiger partial charge in [0.2, 0.25) is 5.91 Å². The second-order valence-corrected chi connectivity index (χ2v) is 6.81. The van der Waals surface area contributed by atoms with Gasteiger partial charge in [0, 0.05) is 12.6 Å². The normalized spacial score (nSPS) is 24.5. The molecule has 1 heterocycles. The fourth-order valence-electron chi connectivity index (χ4n) is 2.26. The quantitative estimate of drug-likeness (QED) is 0.764. The molecule has 0 aliphatic carbocycles. The summed E-state index contributed by atoms with van der Waals surface area (Å²) < 4.78 is 22.8. The monoisotopic (exact) mass is 262 g/mol. The van der Waals surface area contributed by atoms with Crippen LogP contribution in [0, 0.1) is 0 Å². The Bertz CT molecular complexity index is 367. The average Bonchev–Trinajstić information content (AvgIpc) is 2.60. The molecule has 0 bridgehead atoms. The molecule has 1 fully saturated rings. The zero-order chi connectivity index (χ0) is 13.1. The lowest BCUT2D eigenvalue weighted by Crippen LogP contribution is -2.49. The Morgan fingerprint density at radius 1 is 1.47 bits per heavy atom. The van der Waals surface area contributed by atoms with Crippen molar-refractivity contribution in [2.45, 2.75) is 45.2 Å². The first-order chi connectivity index (χ1) is 7.91. The molecular weight excluding hydrogens is 240 g/mol. The van der Waals surface area contributed by atoms with Crippen molar-refractivity contribution in [3.8, 4) is 0 Å². The van der Waals surface area contributed by atoms with E-state index in [-0.39, 0.29) is 23.5 Å². The third-order valence-electron chi connectivity index (χ3n) is 3.19. The summed E-state index contributed by atoms with van der Waals surface area (Å²) in [6.07, 6.45) is 2.04. The number of hydrogen-bond acceptors (Lipinski definition) is 4. The molecule has 2 atom stereocenters.